The molecule has 0 bridgehead atoms. The molecule has 0 unspecified atom stereocenters. The fraction of sp³-hybridized carbons (Fsp3) is 0.632. The number of ether oxygens (including phenoxy) is 1. The van der Waals surface area contributed by atoms with Crippen molar-refractivity contribution in [1.82, 2.24) is 4.57 Å². The third-order valence-corrected chi connectivity index (χ3v) is 4.81. The molecule has 0 atom stereocenters. The second-order valence-electron chi connectivity index (χ2n) is 6.33. The lowest BCUT2D eigenvalue weighted by atomic mass is 10.1. The minimum absolute atomic E-state index is 0. The molecule has 0 saturated heterocycles. The van der Waals surface area contributed by atoms with Crippen molar-refractivity contribution in [3.63, 3.8) is 0 Å². The van der Waals surface area contributed by atoms with E-state index in [0.29, 0.717) is 6.73 Å². The first kappa shape index (κ1) is 21.3. The number of rotatable bonds is 10. The molecule has 2 aromatic rings. The molecule has 0 aliphatic rings. The Morgan fingerprint density at radius 3 is 2.46 bits per heavy atom. The summed E-state index contributed by atoms with van der Waals surface area (Å²) in [6.07, 6.45) is 9.18. The number of aryl methyl sites for hydroxylation is 1. The lowest BCUT2D eigenvalue weighted by molar-refractivity contribution is -0.652. The maximum atomic E-state index is 6.14. The van der Waals surface area contributed by atoms with Gasteiger partial charge in [0.2, 0.25) is 0 Å². The number of aromatic nitrogens is 2. The van der Waals surface area contributed by atoms with E-state index in [1.807, 2.05) is 12.1 Å². The van der Waals surface area contributed by atoms with E-state index < -0.39 is 0 Å². The van der Waals surface area contributed by atoms with E-state index in [-0.39, 0.29) is 12.4 Å². The Hall–Kier alpha value is -0.770. The molecule has 0 spiro atoms. The van der Waals surface area contributed by atoms with Crippen molar-refractivity contribution in [2.45, 2.75) is 65.5 Å². The molecule has 1 aromatic carbocycles. The number of benzene rings is 1. The monoisotopic (exact) mass is 372 g/mol. The number of nitrogens with zero attached hydrogens (tertiary/aromatic N) is 2. The standard InChI is InChI=1S/C19H30ClN2O.ClH/c1-4-5-6-7-8-9-10-13-23-15-22-16(2)21(3)18-12-11-17(20)14-19(18)22;/h11-12,14H,4-10,13,15H2,1-3H3;1H/q+1;/p-1. The maximum absolute atomic E-state index is 6.14. The summed E-state index contributed by atoms with van der Waals surface area (Å²) in [6, 6.07) is 6.02. The quantitative estimate of drug-likeness (QED) is 0.461. The summed E-state index contributed by atoms with van der Waals surface area (Å²) >= 11 is 6.14. The molecule has 0 aliphatic heterocycles. The van der Waals surface area contributed by atoms with E-state index in [9.17, 15) is 0 Å². The molecule has 1 aromatic heterocycles. The lowest BCUT2D eigenvalue weighted by Gasteiger charge is -2.04. The maximum Gasteiger partial charge on any atom is 0.255 e. The van der Waals surface area contributed by atoms with Crippen LogP contribution in [0.1, 0.15) is 57.7 Å². The van der Waals surface area contributed by atoms with Crippen molar-refractivity contribution in [1.29, 1.82) is 0 Å². The number of imidazole rings is 1. The van der Waals surface area contributed by atoms with Crippen molar-refractivity contribution >= 4 is 22.6 Å². The molecule has 0 amide bonds. The third-order valence-electron chi connectivity index (χ3n) is 4.58. The smallest absolute Gasteiger partial charge is 0.255 e. The van der Waals surface area contributed by atoms with Crippen LogP contribution in [0, 0.1) is 6.92 Å². The Morgan fingerprint density at radius 1 is 1.08 bits per heavy atom. The van der Waals surface area contributed by atoms with Crippen LogP contribution in [0.2, 0.25) is 5.02 Å². The molecule has 0 radical (unpaired) electrons. The Bertz CT molecular complexity index is 625. The van der Waals surface area contributed by atoms with E-state index in [0.717, 1.165) is 23.6 Å². The Balaban J connectivity index is 0.00000288. The lowest BCUT2D eigenvalue weighted by Crippen LogP contribution is -3.00. The van der Waals surface area contributed by atoms with E-state index in [4.69, 9.17) is 16.3 Å². The van der Waals surface area contributed by atoms with Gasteiger partial charge in [0.15, 0.2) is 17.8 Å². The highest BCUT2D eigenvalue weighted by molar-refractivity contribution is 6.31. The summed E-state index contributed by atoms with van der Waals surface area (Å²) in [7, 11) is 2.08. The van der Waals surface area contributed by atoms with E-state index >= 15 is 0 Å². The van der Waals surface area contributed by atoms with Crippen LogP contribution in [0.3, 0.4) is 0 Å². The molecule has 24 heavy (non-hydrogen) atoms. The van der Waals surface area contributed by atoms with Gasteiger partial charge in [-0.05, 0) is 18.6 Å². The van der Waals surface area contributed by atoms with Crippen LogP contribution >= 0.6 is 11.6 Å². The topological polar surface area (TPSA) is 18.0 Å². The second kappa shape index (κ2) is 11.0. The number of fused-ring (bicyclic) bond motifs is 1. The zero-order valence-corrected chi connectivity index (χ0v) is 16.7. The first-order chi connectivity index (χ1) is 11.1. The number of hydrogen-bond donors (Lipinski definition) is 0. The fourth-order valence-corrected chi connectivity index (χ4v) is 3.17. The van der Waals surface area contributed by atoms with Gasteiger partial charge in [0, 0.05) is 18.0 Å². The van der Waals surface area contributed by atoms with Gasteiger partial charge in [-0.1, -0.05) is 57.0 Å². The summed E-state index contributed by atoms with van der Waals surface area (Å²) in [5.74, 6) is 1.18. The molecule has 0 fully saturated rings. The predicted molar refractivity (Wildman–Crippen MR) is 96.8 cm³/mol. The van der Waals surface area contributed by atoms with Gasteiger partial charge in [0.1, 0.15) is 0 Å². The average molecular weight is 373 g/mol. The Kier molecular flexibility index (Phi) is 9.72. The fourth-order valence-electron chi connectivity index (χ4n) is 3.01. The van der Waals surface area contributed by atoms with Gasteiger partial charge >= 0.3 is 0 Å². The van der Waals surface area contributed by atoms with E-state index in [1.54, 1.807) is 0 Å². The van der Waals surface area contributed by atoms with Crippen molar-refractivity contribution in [2.75, 3.05) is 6.61 Å². The molecule has 0 aliphatic carbocycles. The van der Waals surface area contributed by atoms with Crippen molar-refractivity contribution in [3.8, 4) is 0 Å². The average Bonchev–Trinajstić information content (AvgIpc) is 2.77. The minimum Gasteiger partial charge on any atom is -1.00 e. The molecule has 136 valence electrons. The molecular weight excluding hydrogens is 343 g/mol. The van der Waals surface area contributed by atoms with E-state index in [1.165, 1.54) is 49.9 Å². The highest BCUT2D eigenvalue weighted by atomic mass is 35.5. The summed E-state index contributed by atoms with van der Waals surface area (Å²) in [5, 5.41) is 0.768. The molecule has 1 heterocycles. The van der Waals surface area contributed by atoms with Gasteiger partial charge in [0.25, 0.3) is 5.82 Å². The van der Waals surface area contributed by atoms with Crippen molar-refractivity contribution < 1.29 is 21.7 Å². The van der Waals surface area contributed by atoms with Crippen molar-refractivity contribution in [3.05, 3.63) is 29.0 Å². The van der Waals surface area contributed by atoms with Crippen LogP contribution in [0.15, 0.2) is 18.2 Å². The van der Waals surface area contributed by atoms with Gasteiger partial charge in [-0.2, -0.15) is 0 Å². The molecular formula is C19H30Cl2N2O. The van der Waals surface area contributed by atoms with Gasteiger partial charge in [-0.3, -0.25) is 0 Å². The van der Waals surface area contributed by atoms with Gasteiger partial charge < -0.3 is 17.1 Å². The highest BCUT2D eigenvalue weighted by Crippen LogP contribution is 2.19. The van der Waals surface area contributed by atoms with Gasteiger partial charge in [-0.25, -0.2) is 9.13 Å². The van der Waals surface area contributed by atoms with E-state index in [2.05, 4.69) is 36.1 Å². The summed E-state index contributed by atoms with van der Waals surface area (Å²) in [4.78, 5) is 0. The zero-order chi connectivity index (χ0) is 16.7. The first-order valence-electron chi connectivity index (χ1n) is 8.87. The molecule has 0 N–H and O–H groups in total. The SMILES string of the molecule is CCCCCCCCCOCn1c(C)[n+](C)c2ccc(Cl)cc21.[Cl-]. The predicted octanol–water partition coefficient (Wildman–Crippen LogP) is 2.16. The zero-order valence-electron chi connectivity index (χ0n) is 15.2. The molecule has 5 heteroatoms. The van der Waals surface area contributed by atoms with Crippen molar-refractivity contribution in [2.24, 2.45) is 7.05 Å². The number of hydrogen-bond acceptors (Lipinski definition) is 1. The highest BCUT2D eigenvalue weighted by Gasteiger charge is 2.19. The normalized spacial score (nSPS) is 11.0. The van der Waals surface area contributed by atoms with Crippen LogP contribution < -0.4 is 17.0 Å². The molecule has 0 saturated carbocycles. The third kappa shape index (κ3) is 5.65. The van der Waals surface area contributed by atoms with Crippen LogP contribution in [-0.4, -0.2) is 11.2 Å². The van der Waals surface area contributed by atoms with Gasteiger partial charge in [0.05, 0.1) is 13.7 Å². The second-order valence-corrected chi connectivity index (χ2v) is 6.76. The minimum atomic E-state index is 0. The Morgan fingerprint density at radius 2 is 1.75 bits per heavy atom. The number of unbranched alkanes of at least 4 members (excludes halogenated alkanes) is 6. The van der Waals surface area contributed by atoms with Crippen LogP contribution in [0.25, 0.3) is 11.0 Å². The molecule has 3 nitrogen and oxygen atoms in total. The summed E-state index contributed by atoms with van der Waals surface area (Å²) in [5.41, 5.74) is 2.32. The molecule has 2 rings (SSSR count). The summed E-state index contributed by atoms with van der Waals surface area (Å²) < 4.78 is 10.3. The van der Waals surface area contributed by atoms with Gasteiger partial charge in [-0.15, -0.1) is 0 Å². The first-order valence-corrected chi connectivity index (χ1v) is 9.25. The summed E-state index contributed by atoms with van der Waals surface area (Å²) in [6.45, 7) is 5.80. The van der Waals surface area contributed by atoms with Crippen LogP contribution in [0.5, 0.6) is 0 Å². The Labute approximate surface area is 157 Å². The van der Waals surface area contributed by atoms with Crippen LogP contribution in [0.4, 0.5) is 0 Å². The van der Waals surface area contributed by atoms with Crippen LogP contribution in [-0.2, 0) is 18.5 Å². The largest absolute Gasteiger partial charge is 1.00 e. The number of halogens is 2.